The van der Waals surface area contributed by atoms with Gasteiger partial charge in [0.15, 0.2) is 0 Å². The van der Waals surface area contributed by atoms with Crippen LogP contribution in [0.3, 0.4) is 0 Å². The third-order valence-electron chi connectivity index (χ3n) is 4.69. The predicted octanol–water partition coefficient (Wildman–Crippen LogP) is 3.11. The number of carboxylic acid groups (broad SMARTS) is 1. The van der Waals surface area contributed by atoms with Crippen LogP contribution in [0.15, 0.2) is 42.6 Å². The normalized spacial score (nSPS) is 20.2. The van der Waals surface area contributed by atoms with E-state index in [-0.39, 0.29) is 17.6 Å². The molecule has 1 aromatic heterocycles. The number of aromatic nitrogens is 1. The van der Waals surface area contributed by atoms with Crippen molar-refractivity contribution in [3.05, 3.63) is 65.0 Å². The summed E-state index contributed by atoms with van der Waals surface area (Å²) >= 11 is 0. The Hall–Kier alpha value is -2.69. The second-order valence-electron chi connectivity index (χ2n) is 6.33. The van der Waals surface area contributed by atoms with Gasteiger partial charge in [-0.1, -0.05) is 24.3 Å². The van der Waals surface area contributed by atoms with Crippen molar-refractivity contribution in [2.24, 2.45) is 0 Å². The topological polar surface area (TPSA) is 70.5 Å². The molecule has 1 aliphatic heterocycles. The highest BCUT2D eigenvalue weighted by Crippen LogP contribution is 2.34. The van der Waals surface area contributed by atoms with Crippen LogP contribution in [0.25, 0.3) is 0 Å². The molecular weight excluding hydrogens is 304 g/mol. The van der Waals surface area contributed by atoms with E-state index < -0.39 is 5.97 Å². The smallest absolute Gasteiger partial charge is 0.354 e. The third kappa shape index (κ3) is 3.02. The third-order valence-corrected chi connectivity index (χ3v) is 4.69. The summed E-state index contributed by atoms with van der Waals surface area (Å²) in [7, 11) is 0. The van der Waals surface area contributed by atoms with Crippen molar-refractivity contribution in [3.8, 4) is 0 Å². The lowest BCUT2D eigenvalue weighted by atomic mass is 9.93. The number of carbonyl (C=O) groups is 2. The lowest BCUT2D eigenvalue weighted by Crippen LogP contribution is -2.34. The zero-order valence-corrected chi connectivity index (χ0v) is 13.8. The molecule has 24 heavy (non-hydrogen) atoms. The highest BCUT2D eigenvalue weighted by Gasteiger charge is 2.34. The number of carbonyl (C=O) groups excluding carboxylic acids is 1. The molecule has 2 heterocycles. The highest BCUT2D eigenvalue weighted by atomic mass is 16.4. The largest absolute Gasteiger partial charge is 0.477 e. The molecule has 2 aromatic rings. The van der Waals surface area contributed by atoms with Crippen LogP contribution in [-0.2, 0) is 0 Å². The molecule has 1 saturated heterocycles. The lowest BCUT2D eigenvalue weighted by Gasteiger charge is -2.21. The minimum absolute atomic E-state index is 0.108. The van der Waals surface area contributed by atoms with Crippen LogP contribution in [0.5, 0.6) is 0 Å². The molecule has 2 unspecified atom stereocenters. The monoisotopic (exact) mass is 324 g/mol. The molecule has 5 nitrogen and oxygen atoms in total. The number of rotatable bonds is 3. The van der Waals surface area contributed by atoms with E-state index in [1.807, 2.05) is 24.0 Å². The summed E-state index contributed by atoms with van der Waals surface area (Å²) in [6, 6.07) is 11.3. The Morgan fingerprint density at radius 1 is 1.25 bits per heavy atom. The highest BCUT2D eigenvalue weighted by molar-refractivity contribution is 5.97. The molecule has 0 spiro atoms. The fraction of sp³-hybridized carbons (Fsp3) is 0.316. The number of aryl methyl sites for hydroxylation is 1. The van der Waals surface area contributed by atoms with Crippen molar-refractivity contribution in [2.45, 2.75) is 32.2 Å². The first-order valence-electron chi connectivity index (χ1n) is 8.03. The van der Waals surface area contributed by atoms with Crippen LogP contribution in [0.4, 0.5) is 0 Å². The van der Waals surface area contributed by atoms with Gasteiger partial charge in [-0.3, -0.25) is 4.79 Å². The number of hydrogen-bond donors (Lipinski definition) is 1. The van der Waals surface area contributed by atoms with Gasteiger partial charge in [0, 0.05) is 30.3 Å². The molecular formula is C19H20N2O3. The molecule has 1 N–H and O–H groups in total. The van der Waals surface area contributed by atoms with Gasteiger partial charge >= 0.3 is 5.97 Å². The Balaban J connectivity index is 1.83. The lowest BCUT2D eigenvalue weighted by molar-refractivity contribution is 0.0690. The van der Waals surface area contributed by atoms with E-state index in [4.69, 9.17) is 5.11 Å². The molecule has 5 heteroatoms. The van der Waals surface area contributed by atoms with Gasteiger partial charge in [-0.05, 0) is 43.5 Å². The van der Waals surface area contributed by atoms with E-state index in [0.29, 0.717) is 18.0 Å². The summed E-state index contributed by atoms with van der Waals surface area (Å²) in [6.07, 6.45) is 2.28. The molecule has 1 fully saturated rings. The van der Waals surface area contributed by atoms with Crippen molar-refractivity contribution in [2.75, 3.05) is 6.54 Å². The molecule has 0 bridgehead atoms. The fourth-order valence-corrected chi connectivity index (χ4v) is 3.43. The van der Waals surface area contributed by atoms with Crippen molar-refractivity contribution in [1.29, 1.82) is 0 Å². The summed E-state index contributed by atoms with van der Waals surface area (Å²) in [5.74, 6) is -0.952. The summed E-state index contributed by atoms with van der Waals surface area (Å²) in [6.45, 7) is 4.78. The molecule has 0 saturated carbocycles. The van der Waals surface area contributed by atoms with Gasteiger partial charge in [-0.15, -0.1) is 0 Å². The Labute approximate surface area is 140 Å². The summed E-state index contributed by atoms with van der Waals surface area (Å²) in [5, 5.41) is 9.04. The van der Waals surface area contributed by atoms with Crippen molar-refractivity contribution >= 4 is 11.9 Å². The molecule has 1 aromatic carbocycles. The van der Waals surface area contributed by atoms with Crippen LogP contribution in [0.1, 0.15) is 51.2 Å². The number of aromatic carboxylic acids is 1. The van der Waals surface area contributed by atoms with Gasteiger partial charge in [0.2, 0.25) is 0 Å². The van der Waals surface area contributed by atoms with E-state index in [9.17, 15) is 9.59 Å². The Morgan fingerprint density at radius 2 is 2.00 bits per heavy atom. The van der Waals surface area contributed by atoms with E-state index in [1.54, 1.807) is 6.07 Å². The molecule has 0 radical (unpaired) electrons. The van der Waals surface area contributed by atoms with E-state index in [1.165, 1.54) is 23.4 Å². The van der Waals surface area contributed by atoms with E-state index in [2.05, 4.69) is 24.0 Å². The molecule has 1 amide bonds. The SMILES string of the molecule is Cc1ccccc1C1CC(C)N(C(=O)c2ccnc(C(=O)O)c2)C1. The van der Waals surface area contributed by atoms with Crippen LogP contribution in [-0.4, -0.2) is 39.5 Å². The maximum Gasteiger partial charge on any atom is 0.354 e. The second-order valence-corrected chi connectivity index (χ2v) is 6.33. The zero-order valence-electron chi connectivity index (χ0n) is 13.8. The van der Waals surface area contributed by atoms with Crippen molar-refractivity contribution < 1.29 is 14.7 Å². The number of likely N-dealkylation sites (tertiary alicyclic amines) is 1. The van der Waals surface area contributed by atoms with Crippen molar-refractivity contribution in [3.63, 3.8) is 0 Å². The predicted molar refractivity (Wildman–Crippen MR) is 90.2 cm³/mol. The summed E-state index contributed by atoms with van der Waals surface area (Å²) in [4.78, 5) is 29.4. The van der Waals surface area contributed by atoms with Crippen LogP contribution < -0.4 is 0 Å². The first kappa shape index (κ1) is 16.2. The standard InChI is InChI=1S/C19H20N2O3/c1-12-5-3-4-6-16(12)15-9-13(2)21(11-15)18(22)14-7-8-20-17(10-14)19(23)24/h3-8,10,13,15H,9,11H2,1-2H3,(H,23,24). The number of pyridine rings is 1. The minimum atomic E-state index is -1.13. The second kappa shape index (κ2) is 6.43. The Kier molecular flexibility index (Phi) is 4.34. The number of benzene rings is 1. The molecule has 1 aliphatic rings. The van der Waals surface area contributed by atoms with E-state index in [0.717, 1.165) is 6.42 Å². The molecule has 2 atom stereocenters. The minimum Gasteiger partial charge on any atom is -0.477 e. The quantitative estimate of drug-likeness (QED) is 0.942. The average Bonchev–Trinajstić information content (AvgIpc) is 2.96. The van der Waals surface area contributed by atoms with Crippen LogP contribution >= 0.6 is 0 Å². The summed E-state index contributed by atoms with van der Waals surface area (Å²) < 4.78 is 0. The van der Waals surface area contributed by atoms with Gasteiger partial charge in [0.25, 0.3) is 5.91 Å². The van der Waals surface area contributed by atoms with Crippen LogP contribution in [0.2, 0.25) is 0 Å². The first-order chi connectivity index (χ1) is 11.5. The molecule has 3 rings (SSSR count). The van der Waals surface area contributed by atoms with Gasteiger partial charge < -0.3 is 10.0 Å². The molecule has 124 valence electrons. The number of nitrogens with zero attached hydrogens (tertiary/aromatic N) is 2. The van der Waals surface area contributed by atoms with Crippen LogP contribution in [0, 0.1) is 6.92 Å². The number of carboxylic acids is 1. The summed E-state index contributed by atoms with van der Waals surface area (Å²) in [5.41, 5.74) is 2.78. The van der Waals surface area contributed by atoms with Crippen molar-refractivity contribution in [1.82, 2.24) is 9.88 Å². The Bertz CT molecular complexity index is 788. The maximum absolute atomic E-state index is 12.8. The molecule has 0 aliphatic carbocycles. The van der Waals surface area contributed by atoms with Gasteiger partial charge in [0.1, 0.15) is 5.69 Å². The zero-order chi connectivity index (χ0) is 17.3. The Morgan fingerprint density at radius 3 is 2.71 bits per heavy atom. The first-order valence-corrected chi connectivity index (χ1v) is 8.03. The van der Waals surface area contributed by atoms with Gasteiger partial charge in [-0.2, -0.15) is 0 Å². The average molecular weight is 324 g/mol. The maximum atomic E-state index is 12.8. The number of amides is 1. The van der Waals surface area contributed by atoms with Gasteiger partial charge in [-0.25, -0.2) is 9.78 Å². The van der Waals surface area contributed by atoms with E-state index >= 15 is 0 Å². The fourth-order valence-electron chi connectivity index (χ4n) is 3.43. The van der Waals surface area contributed by atoms with Gasteiger partial charge in [0.05, 0.1) is 0 Å². The number of hydrogen-bond acceptors (Lipinski definition) is 3.